The van der Waals surface area contributed by atoms with Crippen LogP contribution in [0.2, 0.25) is 0 Å². The van der Waals surface area contributed by atoms with Gasteiger partial charge in [0.1, 0.15) is 0 Å². The van der Waals surface area contributed by atoms with Gasteiger partial charge < -0.3 is 0 Å². The quantitative estimate of drug-likeness (QED) is 0.498. The molecule has 0 saturated heterocycles. The van der Waals surface area contributed by atoms with Gasteiger partial charge in [-0.15, -0.1) is 0 Å². The van der Waals surface area contributed by atoms with Crippen LogP contribution in [0.4, 0.5) is 0 Å². The number of hydrogen-bond acceptors (Lipinski definition) is 2. The van der Waals surface area contributed by atoms with Crippen molar-refractivity contribution in [3.05, 3.63) is 0 Å². The molecule has 0 spiro atoms. The monoisotopic (exact) mass is 311 g/mol. The van der Waals surface area contributed by atoms with Crippen LogP contribution in [0.5, 0.6) is 0 Å². The van der Waals surface area contributed by atoms with Crippen molar-refractivity contribution in [3.63, 3.8) is 0 Å². The Balaban J connectivity index is 2.88. The summed E-state index contributed by atoms with van der Waals surface area (Å²) in [6.45, 7) is 2.69. The summed E-state index contributed by atoms with van der Waals surface area (Å²) in [4.78, 5) is 0. The maximum absolute atomic E-state index is 10.3. The van der Waals surface area contributed by atoms with E-state index in [-0.39, 0.29) is 0 Å². The van der Waals surface area contributed by atoms with E-state index >= 15 is 0 Å². The first kappa shape index (κ1) is 14.5. The van der Waals surface area contributed by atoms with Crippen molar-refractivity contribution in [3.8, 4) is 0 Å². The summed E-state index contributed by atoms with van der Waals surface area (Å²) in [5, 5.41) is 0. The van der Waals surface area contributed by atoms with Crippen molar-refractivity contribution in [2.75, 3.05) is 6.61 Å². The van der Waals surface area contributed by atoms with Gasteiger partial charge in [0.15, 0.2) is 0 Å². The Morgan fingerprint density at radius 3 is 2.00 bits per heavy atom. The van der Waals surface area contributed by atoms with Gasteiger partial charge in [-0.25, -0.2) is 0 Å². The van der Waals surface area contributed by atoms with Crippen LogP contribution in [-0.2, 0) is 6.03 Å². The SMILES string of the molecule is CCCCCCCCCC[O][Sb](=[O])[OH]. The molecule has 0 unspecified atom stereocenters. The van der Waals surface area contributed by atoms with Gasteiger partial charge in [0, 0.05) is 0 Å². The first-order chi connectivity index (χ1) is 6.77. The van der Waals surface area contributed by atoms with Crippen LogP contribution in [0.25, 0.3) is 0 Å². The van der Waals surface area contributed by atoms with Crippen LogP contribution >= 0.6 is 0 Å². The fourth-order valence-electron chi connectivity index (χ4n) is 1.38. The Bertz CT molecular complexity index is 139. The molecular weight excluding hydrogens is 290 g/mol. The minimum absolute atomic E-state index is 0.470. The van der Waals surface area contributed by atoms with E-state index < -0.39 is 21.0 Å². The Morgan fingerprint density at radius 2 is 1.50 bits per heavy atom. The third kappa shape index (κ3) is 12.5. The Morgan fingerprint density at radius 1 is 1.00 bits per heavy atom. The van der Waals surface area contributed by atoms with E-state index in [9.17, 15) is 3.02 Å². The zero-order valence-electron chi connectivity index (χ0n) is 9.07. The molecule has 0 atom stereocenters. The van der Waals surface area contributed by atoms with Gasteiger partial charge in [0.25, 0.3) is 0 Å². The Kier molecular flexibility index (Phi) is 12.1. The first-order valence-electron chi connectivity index (χ1n) is 5.56. The second-order valence-electron chi connectivity index (χ2n) is 3.55. The van der Waals surface area contributed by atoms with Gasteiger partial charge in [-0.3, -0.25) is 0 Å². The molecule has 0 rings (SSSR count). The number of hydrogen-bond donors (Lipinski definition) is 1. The second kappa shape index (κ2) is 11.6. The van der Waals surface area contributed by atoms with Crippen molar-refractivity contribution < 1.29 is 9.42 Å². The molecule has 0 aromatic heterocycles. The molecule has 0 aromatic carbocycles. The number of rotatable bonds is 10. The average Bonchev–Trinajstić information content (AvgIpc) is 2.15. The van der Waals surface area contributed by atoms with Crippen LogP contribution in [0, 0.1) is 0 Å². The molecule has 3 nitrogen and oxygen atoms in total. The Labute approximate surface area is 95.3 Å². The molecule has 0 saturated carbocycles. The third-order valence-electron chi connectivity index (χ3n) is 2.20. The van der Waals surface area contributed by atoms with Gasteiger partial charge in [0.2, 0.25) is 0 Å². The molecule has 0 aliphatic heterocycles. The maximum atomic E-state index is 10.3. The molecule has 0 heterocycles. The van der Waals surface area contributed by atoms with Gasteiger partial charge >= 0.3 is 95.4 Å². The molecular formula is C10H22O3Sb. The van der Waals surface area contributed by atoms with Crippen molar-refractivity contribution >= 4 is 21.0 Å². The summed E-state index contributed by atoms with van der Waals surface area (Å²) in [6, 6.07) is 0. The molecule has 1 radical (unpaired) electrons. The molecule has 0 amide bonds. The molecule has 14 heavy (non-hydrogen) atoms. The summed E-state index contributed by atoms with van der Waals surface area (Å²) < 4.78 is 23.4. The van der Waals surface area contributed by atoms with Gasteiger partial charge in [-0.1, -0.05) is 0 Å². The first-order valence-corrected chi connectivity index (χ1v) is 8.79. The average molecular weight is 312 g/mol. The standard InChI is InChI=1S/C10H21O.H2O.O.Sb/c1-2-3-4-5-6-7-8-9-10-11;;;/h2-10H2,1H3;1H2;;/q-1;;;+2/p-1. The van der Waals surface area contributed by atoms with E-state index in [1.54, 1.807) is 0 Å². The van der Waals surface area contributed by atoms with E-state index in [1.165, 1.54) is 38.5 Å². The third-order valence-corrected chi connectivity index (χ3v) is 3.35. The summed E-state index contributed by atoms with van der Waals surface area (Å²) >= 11 is -3.36. The molecule has 85 valence electrons. The summed E-state index contributed by atoms with van der Waals surface area (Å²) in [6.07, 6.45) is 9.89. The molecule has 0 aliphatic carbocycles. The summed E-state index contributed by atoms with van der Waals surface area (Å²) in [7, 11) is 0. The van der Waals surface area contributed by atoms with Crippen LogP contribution in [-0.4, -0.2) is 31.0 Å². The Hall–Kier alpha value is 0.538. The van der Waals surface area contributed by atoms with Crippen molar-refractivity contribution in [1.82, 2.24) is 0 Å². The molecule has 4 heteroatoms. The van der Waals surface area contributed by atoms with Crippen LogP contribution < -0.4 is 0 Å². The van der Waals surface area contributed by atoms with Crippen LogP contribution in [0.15, 0.2) is 0 Å². The van der Waals surface area contributed by atoms with E-state index in [0.29, 0.717) is 6.61 Å². The fourth-order valence-corrected chi connectivity index (χ4v) is 2.19. The molecule has 0 aromatic rings. The summed E-state index contributed by atoms with van der Waals surface area (Å²) in [5.41, 5.74) is 0. The topological polar surface area (TPSA) is 46.5 Å². The molecule has 1 N–H and O–H groups in total. The summed E-state index contributed by atoms with van der Waals surface area (Å²) in [5.74, 6) is 0. The fraction of sp³-hybridized carbons (Fsp3) is 1.00. The molecule has 0 bridgehead atoms. The number of unbranched alkanes of at least 4 members (excludes halogenated alkanes) is 7. The molecule has 0 aliphatic rings. The molecule has 0 fully saturated rings. The van der Waals surface area contributed by atoms with Crippen molar-refractivity contribution in [1.29, 1.82) is 0 Å². The van der Waals surface area contributed by atoms with E-state index in [2.05, 4.69) is 9.94 Å². The van der Waals surface area contributed by atoms with E-state index in [1.807, 2.05) is 0 Å². The predicted molar refractivity (Wildman–Crippen MR) is 57.2 cm³/mol. The van der Waals surface area contributed by atoms with Crippen LogP contribution in [0.3, 0.4) is 0 Å². The second-order valence-corrected chi connectivity index (χ2v) is 5.64. The van der Waals surface area contributed by atoms with Crippen molar-refractivity contribution in [2.45, 2.75) is 58.3 Å². The predicted octanol–water partition coefficient (Wildman–Crippen LogP) is 2.55. The van der Waals surface area contributed by atoms with E-state index in [0.717, 1.165) is 12.8 Å². The van der Waals surface area contributed by atoms with Crippen LogP contribution in [0.1, 0.15) is 58.3 Å². The van der Waals surface area contributed by atoms with E-state index in [4.69, 9.17) is 3.39 Å². The zero-order chi connectivity index (χ0) is 10.6. The zero-order valence-corrected chi connectivity index (χ0v) is 11.6. The van der Waals surface area contributed by atoms with Gasteiger partial charge in [-0.2, -0.15) is 0 Å². The normalized spacial score (nSPS) is 10.4. The van der Waals surface area contributed by atoms with Crippen molar-refractivity contribution in [2.24, 2.45) is 0 Å². The minimum atomic E-state index is -3.36. The van der Waals surface area contributed by atoms with Gasteiger partial charge in [0.05, 0.1) is 0 Å². The van der Waals surface area contributed by atoms with Gasteiger partial charge in [-0.05, 0) is 0 Å².